The number of hydrogen-bond acceptors (Lipinski definition) is 7. The molecule has 0 aliphatic carbocycles. The molecule has 3 aromatic rings. The van der Waals surface area contributed by atoms with Crippen molar-refractivity contribution >= 4 is 38.0 Å². The van der Waals surface area contributed by atoms with E-state index in [1.54, 1.807) is 19.1 Å². The number of phenols is 1. The first-order valence-electron chi connectivity index (χ1n) is 8.14. The molecular formula is C18H15N3O6S. The topological polar surface area (TPSA) is 142 Å². The Hall–Kier alpha value is -3.37. The normalized spacial score (nSPS) is 11.9. The lowest BCUT2D eigenvalue weighted by atomic mass is 10.1. The molecule has 144 valence electrons. The fraction of sp³-hybridized carbons (Fsp3) is 0.111. The minimum atomic E-state index is -4.50. The summed E-state index contributed by atoms with van der Waals surface area (Å²) in [6, 6.07) is 11.3. The molecule has 0 atom stereocenters. The molecule has 0 bridgehead atoms. The summed E-state index contributed by atoms with van der Waals surface area (Å²) in [6.07, 6.45) is 0.427. The van der Waals surface area contributed by atoms with Crippen molar-refractivity contribution in [2.24, 2.45) is 10.2 Å². The third kappa shape index (κ3) is 3.55. The van der Waals surface area contributed by atoms with E-state index >= 15 is 0 Å². The Kier molecular flexibility index (Phi) is 5.08. The molecule has 3 rings (SSSR count). The van der Waals surface area contributed by atoms with Gasteiger partial charge in [-0.15, -0.1) is 10.2 Å². The van der Waals surface area contributed by atoms with Gasteiger partial charge in [0.2, 0.25) is 0 Å². The van der Waals surface area contributed by atoms with Crippen LogP contribution in [-0.2, 0) is 16.5 Å². The smallest absolute Gasteiger partial charge is 0.299 e. The van der Waals surface area contributed by atoms with Crippen molar-refractivity contribution in [3.63, 3.8) is 0 Å². The number of aryl methyl sites for hydroxylation is 1. The second kappa shape index (κ2) is 7.33. The molecule has 0 aliphatic rings. The van der Waals surface area contributed by atoms with Crippen LogP contribution in [0, 0.1) is 10.1 Å². The van der Waals surface area contributed by atoms with Crippen LogP contribution in [0.5, 0.6) is 5.75 Å². The van der Waals surface area contributed by atoms with Gasteiger partial charge in [-0.2, -0.15) is 8.42 Å². The molecule has 0 amide bonds. The van der Waals surface area contributed by atoms with Gasteiger partial charge < -0.3 is 5.11 Å². The van der Waals surface area contributed by atoms with E-state index in [1.165, 1.54) is 36.4 Å². The second-order valence-corrected chi connectivity index (χ2v) is 7.25. The van der Waals surface area contributed by atoms with Gasteiger partial charge in [-0.3, -0.25) is 14.7 Å². The highest BCUT2D eigenvalue weighted by Gasteiger charge is 2.20. The molecule has 0 radical (unpaired) electrons. The number of hydrogen-bond donors (Lipinski definition) is 2. The van der Waals surface area contributed by atoms with Crippen LogP contribution >= 0.6 is 0 Å². The maximum absolute atomic E-state index is 11.6. The molecule has 28 heavy (non-hydrogen) atoms. The Morgan fingerprint density at radius 2 is 1.75 bits per heavy atom. The summed E-state index contributed by atoms with van der Waals surface area (Å²) < 4.78 is 32.5. The summed E-state index contributed by atoms with van der Waals surface area (Å²) in [6.45, 7) is 1.77. The Labute approximate surface area is 159 Å². The fourth-order valence-electron chi connectivity index (χ4n) is 2.89. The monoisotopic (exact) mass is 401 g/mol. The molecule has 0 unspecified atom stereocenters. The van der Waals surface area contributed by atoms with E-state index in [1.807, 2.05) is 0 Å². The number of azo groups is 1. The lowest BCUT2D eigenvalue weighted by molar-refractivity contribution is -0.384. The Morgan fingerprint density at radius 1 is 1.04 bits per heavy atom. The standard InChI is InChI=1S/C18H15N3O6S/c1-2-11-5-3-7-14(18(11)21(23)24)19-20-17-13-6-4-8-16(28(25,26)27)12(13)9-10-15(17)22/h3-10,22H,2H2,1H3,(H,25,26,27). The van der Waals surface area contributed by atoms with Crippen LogP contribution in [0.3, 0.4) is 0 Å². The van der Waals surface area contributed by atoms with Crippen molar-refractivity contribution in [2.75, 3.05) is 0 Å². The first-order valence-corrected chi connectivity index (χ1v) is 9.58. The number of aromatic hydroxyl groups is 1. The van der Waals surface area contributed by atoms with Gasteiger partial charge in [-0.25, -0.2) is 0 Å². The average molecular weight is 401 g/mol. The molecule has 9 nitrogen and oxygen atoms in total. The molecule has 2 N–H and O–H groups in total. The summed E-state index contributed by atoms with van der Waals surface area (Å²) in [4.78, 5) is 10.5. The summed E-state index contributed by atoms with van der Waals surface area (Å²) in [5, 5.41) is 29.8. The molecule has 10 heteroatoms. The van der Waals surface area contributed by atoms with Crippen molar-refractivity contribution < 1.29 is 23.0 Å². The predicted octanol–water partition coefficient (Wildman–Crippen LogP) is 4.68. The quantitative estimate of drug-likeness (QED) is 0.275. The molecule has 0 fully saturated rings. The summed E-state index contributed by atoms with van der Waals surface area (Å²) in [5.41, 5.74) is 0.232. The molecule has 0 saturated carbocycles. The summed E-state index contributed by atoms with van der Waals surface area (Å²) in [5.74, 6) is -0.293. The molecular weight excluding hydrogens is 386 g/mol. The van der Waals surface area contributed by atoms with E-state index in [-0.39, 0.29) is 38.5 Å². The van der Waals surface area contributed by atoms with Crippen LogP contribution in [-0.4, -0.2) is 23.0 Å². The summed E-state index contributed by atoms with van der Waals surface area (Å²) >= 11 is 0. The minimum Gasteiger partial charge on any atom is -0.506 e. The van der Waals surface area contributed by atoms with Gasteiger partial charge in [-0.05, 0) is 30.7 Å². The van der Waals surface area contributed by atoms with E-state index in [2.05, 4.69) is 10.2 Å². The molecule has 3 aromatic carbocycles. The number of benzene rings is 3. The highest BCUT2D eigenvalue weighted by atomic mass is 32.2. The Bertz CT molecular complexity index is 1220. The Balaban J connectivity index is 2.22. The van der Waals surface area contributed by atoms with Gasteiger partial charge in [0.25, 0.3) is 15.8 Å². The lowest BCUT2D eigenvalue weighted by Crippen LogP contribution is -1.98. The van der Waals surface area contributed by atoms with Crippen LogP contribution in [0.2, 0.25) is 0 Å². The van der Waals surface area contributed by atoms with E-state index in [9.17, 15) is 28.2 Å². The van der Waals surface area contributed by atoms with E-state index in [4.69, 9.17) is 0 Å². The van der Waals surface area contributed by atoms with Crippen molar-refractivity contribution in [3.8, 4) is 5.75 Å². The van der Waals surface area contributed by atoms with Crippen molar-refractivity contribution in [2.45, 2.75) is 18.2 Å². The van der Waals surface area contributed by atoms with E-state index < -0.39 is 15.0 Å². The van der Waals surface area contributed by atoms with Crippen molar-refractivity contribution in [1.29, 1.82) is 0 Å². The van der Waals surface area contributed by atoms with Crippen LogP contribution in [0.4, 0.5) is 17.1 Å². The average Bonchev–Trinajstić information content (AvgIpc) is 2.65. The third-order valence-electron chi connectivity index (χ3n) is 4.17. The number of para-hydroxylation sites is 1. The maximum atomic E-state index is 11.6. The number of nitrogens with zero attached hydrogens (tertiary/aromatic N) is 3. The minimum absolute atomic E-state index is 0.00619. The number of rotatable bonds is 5. The largest absolute Gasteiger partial charge is 0.506 e. The van der Waals surface area contributed by atoms with Gasteiger partial charge in [0.05, 0.1) is 4.92 Å². The molecule has 0 heterocycles. The number of phenolic OH excluding ortho intramolecular Hbond substituents is 1. The van der Waals surface area contributed by atoms with Crippen LogP contribution in [0.1, 0.15) is 12.5 Å². The SMILES string of the molecule is CCc1cccc(N=Nc2c(O)ccc3c(S(=O)(=O)O)cccc23)c1[N+](=O)[O-]. The first kappa shape index (κ1) is 19.4. The van der Waals surface area contributed by atoms with Gasteiger partial charge >= 0.3 is 0 Å². The van der Waals surface area contributed by atoms with Crippen molar-refractivity contribution in [1.82, 2.24) is 0 Å². The van der Waals surface area contributed by atoms with Crippen LogP contribution in [0.25, 0.3) is 10.8 Å². The van der Waals surface area contributed by atoms with Crippen molar-refractivity contribution in [3.05, 3.63) is 64.2 Å². The molecule has 0 aromatic heterocycles. The predicted molar refractivity (Wildman–Crippen MR) is 102 cm³/mol. The number of fused-ring (bicyclic) bond motifs is 1. The number of nitro benzene ring substituents is 1. The third-order valence-corrected chi connectivity index (χ3v) is 5.08. The van der Waals surface area contributed by atoms with Gasteiger partial charge in [0.1, 0.15) is 16.3 Å². The highest BCUT2D eigenvalue weighted by molar-refractivity contribution is 7.86. The maximum Gasteiger partial charge on any atom is 0.299 e. The molecule has 0 saturated heterocycles. The van der Waals surface area contributed by atoms with Gasteiger partial charge in [-0.1, -0.05) is 31.2 Å². The Morgan fingerprint density at radius 3 is 2.39 bits per heavy atom. The first-order chi connectivity index (χ1) is 13.2. The fourth-order valence-corrected chi connectivity index (χ4v) is 3.60. The van der Waals surface area contributed by atoms with Crippen LogP contribution in [0.15, 0.2) is 63.7 Å². The molecule has 0 spiro atoms. The highest BCUT2D eigenvalue weighted by Crippen LogP contribution is 2.39. The lowest BCUT2D eigenvalue weighted by Gasteiger charge is -2.07. The van der Waals surface area contributed by atoms with Crippen LogP contribution < -0.4 is 0 Å². The molecule has 0 aliphatic heterocycles. The second-order valence-electron chi connectivity index (χ2n) is 5.86. The number of nitro groups is 1. The van der Waals surface area contributed by atoms with Gasteiger partial charge in [0.15, 0.2) is 5.69 Å². The van der Waals surface area contributed by atoms with E-state index in [0.717, 1.165) is 0 Å². The van der Waals surface area contributed by atoms with E-state index in [0.29, 0.717) is 12.0 Å². The zero-order chi connectivity index (χ0) is 20.5. The van der Waals surface area contributed by atoms with Gasteiger partial charge in [0, 0.05) is 16.3 Å². The zero-order valence-electron chi connectivity index (χ0n) is 14.6. The summed E-state index contributed by atoms with van der Waals surface area (Å²) in [7, 11) is -4.50. The zero-order valence-corrected chi connectivity index (χ0v) is 15.4.